The molecular formula is C23H19N3O4. The minimum Gasteiger partial charge on any atom is -0.494 e. The molecule has 0 unspecified atom stereocenters. The first-order valence-electron chi connectivity index (χ1n) is 9.43. The molecule has 7 heteroatoms. The number of hydrogen-bond donors (Lipinski definition) is 1. The molecule has 4 rings (SSSR count). The van der Waals surface area contributed by atoms with E-state index in [1.807, 2.05) is 19.1 Å². The van der Waals surface area contributed by atoms with Gasteiger partial charge in [0.2, 0.25) is 0 Å². The Kier molecular flexibility index (Phi) is 5.43. The zero-order valence-corrected chi connectivity index (χ0v) is 16.2. The zero-order valence-electron chi connectivity index (χ0n) is 16.2. The Balaban J connectivity index is 1.58. The summed E-state index contributed by atoms with van der Waals surface area (Å²) >= 11 is 0. The number of carbonyl (C=O) groups excluding carboxylic acids is 1. The van der Waals surface area contributed by atoms with E-state index in [1.165, 1.54) is 10.6 Å². The number of rotatable bonds is 6. The Morgan fingerprint density at radius 3 is 2.53 bits per heavy atom. The maximum Gasteiger partial charge on any atom is 0.270 e. The molecule has 150 valence electrons. The van der Waals surface area contributed by atoms with Crippen molar-refractivity contribution in [2.75, 3.05) is 11.9 Å². The number of hydrogen-bond acceptors (Lipinski definition) is 5. The van der Waals surface area contributed by atoms with Gasteiger partial charge in [0.05, 0.1) is 12.3 Å². The van der Waals surface area contributed by atoms with Crippen LogP contribution in [0.1, 0.15) is 17.3 Å². The fourth-order valence-electron chi connectivity index (χ4n) is 2.93. The van der Waals surface area contributed by atoms with Gasteiger partial charge in [-0.3, -0.25) is 14.0 Å². The van der Waals surface area contributed by atoms with E-state index in [1.54, 1.807) is 60.8 Å². The number of benzene rings is 2. The van der Waals surface area contributed by atoms with Crippen LogP contribution >= 0.6 is 0 Å². The Bertz CT molecular complexity index is 1250. The monoisotopic (exact) mass is 401 g/mol. The van der Waals surface area contributed by atoms with Gasteiger partial charge in [-0.15, -0.1) is 0 Å². The van der Waals surface area contributed by atoms with Crippen LogP contribution in [0.3, 0.4) is 0 Å². The summed E-state index contributed by atoms with van der Waals surface area (Å²) < 4.78 is 12.7. The highest BCUT2D eigenvalue weighted by Gasteiger charge is 2.15. The molecule has 30 heavy (non-hydrogen) atoms. The molecule has 0 bridgehead atoms. The SMILES string of the molecule is CCOc1ccc(Oc2ccccc2NC(=O)c2cnc3ccccn3c2=O)cc1. The summed E-state index contributed by atoms with van der Waals surface area (Å²) in [5.74, 6) is 1.22. The van der Waals surface area contributed by atoms with Crippen molar-refractivity contribution in [2.24, 2.45) is 0 Å². The van der Waals surface area contributed by atoms with Gasteiger partial charge in [0, 0.05) is 12.4 Å². The number of ether oxygens (including phenoxy) is 2. The van der Waals surface area contributed by atoms with Gasteiger partial charge in [0.25, 0.3) is 11.5 Å². The number of nitrogens with zero attached hydrogens (tertiary/aromatic N) is 2. The third-order valence-electron chi connectivity index (χ3n) is 4.36. The van der Waals surface area contributed by atoms with Crippen LogP contribution in [-0.2, 0) is 0 Å². The Hall–Kier alpha value is -4.13. The second kappa shape index (κ2) is 8.48. The molecule has 0 fully saturated rings. The molecular weight excluding hydrogens is 382 g/mol. The number of amides is 1. The van der Waals surface area contributed by atoms with Gasteiger partial charge in [0.1, 0.15) is 22.7 Å². The summed E-state index contributed by atoms with van der Waals surface area (Å²) in [5, 5.41) is 2.74. The summed E-state index contributed by atoms with van der Waals surface area (Å²) in [6.07, 6.45) is 2.85. The van der Waals surface area contributed by atoms with E-state index >= 15 is 0 Å². The molecule has 0 radical (unpaired) electrons. The maximum atomic E-state index is 12.8. The summed E-state index contributed by atoms with van der Waals surface area (Å²) in [7, 11) is 0. The molecule has 2 aromatic heterocycles. The quantitative estimate of drug-likeness (QED) is 0.525. The van der Waals surface area contributed by atoms with Crippen molar-refractivity contribution in [1.29, 1.82) is 0 Å². The van der Waals surface area contributed by atoms with Gasteiger partial charge in [0.15, 0.2) is 5.75 Å². The molecule has 2 heterocycles. The van der Waals surface area contributed by atoms with Crippen molar-refractivity contribution in [2.45, 2.75) is 6.92 Å². The molecule has 4 aromatic rings. The number of nitrogens with one attached hydrogen (secondary N) is 1. The van der Waals surface area contributed by atoms with Crippen LogP contribution in [0, 0.1) is 0 Å². The molecule has 0 aliphatic rings. The normalized spacial score (nSPS) is 10.6. The highest BCUT2D eigenvalue weighted by Crippen LogP contribution is 2.30. The van der Waals surface area contributed by atoms with Gasteiger partial charge in [-0.2, -0.15) is 0 Å². The van der Waals surface area contributed by atoms with Crippen molar-refractivity contribution in [3.63, 3.8) is 0 Å². The topological polar surface area (TPSA) is 81.9 Å². The smallest absolute Gasteiger partial charge is 0.270 e. The largest absolute Gasteiger partial charge is 0.494 e. The zero-order chi connectivity index (χ0) is 20.9. The Labute approximate surface area is 172 Å². The maximum absolute atomic E-state index is 12.8. The summed E-state index contributed by atoms with van der Waals surface area (Å²) in [6, 6.07) is 19.4. The third kappa shape index (κ3) is 4.00. The average Bonchev–Trinajstić information content (AvgIpc) is 2.77. The van der Waals surface area contributed by atoms with Gasteiger partial charge in [-0.05, 0) is 55.5 Å². The van der Waals surface area contributed by atoms with Crippen LogP contribution in [0.4, 0.5) is 5.69 Å². The van der Waals surface area contributed by atoms with Crippen LogP contribution in [0.25, 0.3) is 5.65 Å². The summed E-state index contributed by atoms with van der Waals surface area (Å²) in [5.41, 5.74) is 0.407. The molecule has 0 atom stereocenters. The van der Waals surface area contributed by atoms with E-state index in [9.17, 15) is 9.59 Å². The molecule has 0 saturated heterocycles. The van der Waals surface area contributed by atoms with Gasteiger partial charge >= 0.3 is 0 Å². The van der Waals surface area contributed by atoms with Crippen LogP contribution in [0.5, 0.6) is 17.2 Å². The van der Waals surface area contributed by atoms with Crippen molar-refractivity contribution in [1.82, 2.24) is 9.38 Å². The minimum absolute atomic E-state index is 0.0606. The Morgan fingerprint density at radius 2 is 1.73 bits per heavy atom. The second-order valence-corrected chi connectivity index (χ2v) is 6.36. The van der Waals surface area contributed by atoms with E-state index in [2.05, 4.69) is 10.3 Å². The third-order valence-corrected chi connectivity index (χ3v) is 4.36. The highest BCUT2D eigenvalue weighted by molar-refractivity contribution is 6.04. The first kappa shape index (κ1) is 19.2. The average molecular weight is 401 g/mol. The fraction of sp³-hybridized carbons (Fsp3) is 0.0870. The lowest BCUT2D eigenvalue weighted by Crippen LogP contribution is -2.26. The summed E-state index contributed by atoms with van der Waals surface area (Å²) in [6.45, 7) is 2.50. The van der Waals surface area contributed by atoms with E-state index in [0.29, 0.717) is 29.4 Å². The lowest BCUT2D eigenvalue weighted by Gasteiger charge is -2.13. The van der Waals surface area contributed by atoms with Crippen LogP contribution < -0.4 is 20.3 Å². The molecule has 0 aliphatic carbocycles. The van der Waals surface area contributed by atoms with E-state index in [0.717, 1.165) is 5.75 Å². The number of pyridine rings is 1. The van der Waals surface area contributed by atoms with Crippen LogP contribution in [-0.4, -0.2) is 21.9 Å². The minimum atomic E-state index is -0.562. The van der Waals surface area contributed by atoms with Crippen molar-refractivity contribution in [3.8, 4) is 17.2 Å². The number of anilines is 1. The van der Waals surface area contributed by atoms with Gasteiger partial charge in [-0.25, -0.2) is 4.98 Å². The number of aromatic nitrogens is 2. The molecule has 0 aliphatic heterocycles. The van der Waals surface area contributed by atoms with E-state index in [4.69, 9.17) is 9.47 Å². The van der Waals surface area contributed by atoms with E-state index < -0.39 is 11.5 Å². The predicted molar refractivity (Wildman–Crippen MR) is 114 cm³/mol. The number of para-hydroxylation sites is 2. The molecule has 0 spiro atoms. The van der Waals surface area contributed by atoms with Crippen molar-refractivity contribution < 1.29 is 14.3 Å². The molecule has 0 saturated carbocycles. The molecule has 1 amide bonds. The van der Waals surface area contributed by atoms with Gasteiger partial charge in [-0.1, -0.05) is 18.2 Å². The first-order chi connectivity index (χ1) is 14.7. The lowest BCUT2D eigenvalue weighted by molar-refractivity contribution is 0.102. The van der Waals surface area contributed by atoms with Crippen molar-refractivity contribution >= 4 is 17.2 Å². The molecule has 2 aromatic carbocycles. The van der Waals surface area contributed by atoms with Crippen molar-refractivity contribution in [3.05, 3.63) is 95.0 Å². The number of fused-ring (bicyclic) bond motifs is 1. The second-order valence-electron chi connectivity index (χ2n) is 6.36. The lowest BCUT2D eigenvalue weighted by atomic mass is 10.2. The standard InChI is InChI=1S/C23H19N3O4/c1-2-29-16-10-12-17(13-11-16)30-20-8-4-3-7-19(20)25-22(27)18-15-24-21-9-5-6-14-26(21)23(18)28/h3-15H,2H2,1H3,(H,25,27). The molecule has 7 nitrogen and oxygen atoms in total. The molecule has 1 N–H and O–H groups in total. The Morgan fingerprint density at radius 1 is 1.00 bits per heavy atom. The predicted octanol–water partition coefficient (Wildman–Crippen LogP) is 4.14. The van der Waals surface area contributed by atoms with Gasteiger partial charge < -0.3 is 14.8 Å². The highest BCUT2D eigenvalue weighted by atomic mass is 16.5. The first-order valence-corrected chi connectivity index (χ1v) is 9.43. The summed E-state index contributed by atoms with van der Waals surface area (Å²) in [4.78, 5) is 29.6. The van der Waals surface area contributed by atoms with Crippen LogP contribution in [0.2, 0.25) is 0 Å². The number of carbonyl (C=O) groups is 1. The van der Waals surface area contributed by atoms with Crippen LogP contribution in [0.15, 0.2) is 83.9 Å². The fourth-order valence-corrected chi connectivity index (χ4v) is 2.93. The van der Waals surface area contributed by atoms with E-state index in [-0.39, 0.29) is 5.56 Å².